The van der Waals surface area contributed by atoms with Gasteiger partial charge in [0, 0.05) is 36.4 Å². The van der Waals surface area contributed by atoms with E-state index >= 15 is 0 Å². The highest BCUT2D eigenvalue weighted by Crippen LogP contribution is 2.29. The first-order valence-electron chi connectivity index (χ1n) is 11.7. The van der Waals surface area contributed by atoms with Gasteiger partial charge >= 0.3 is 6.03 Å². The van der Waals surface area contributed by atoms with Crippen LogP contribution in [0.4, 0.5) is 16.2 Å². The molecule has 2 aromatic carbocycles. The smallest absolute Gasteiger partial charge is 0.323 e. The number of aliphatic hydroxyl groups is 1. The average Bonchev–Trinajstić information content (AvgIpc) is 2.86. The van der Waals surface area contributed by atoms with Crippen molar-refractivity contribution in [3.05, 3.63) is 54.1 Å². The second-order valence-corrected chi connectivity index (χ2v) is 11.3. The van der Waals surface area contributed by atoms with Crippen LogP contribution in [-0.4, -0.2) is 79.8 Å². The molecule has 1 aliphatic heterocycles. The number of benzene rings is 2. The number of para-hydroxylation sites is 1. The van der Waals surface area contributed by atoms with E-state index in [1.54, 1.807) is 42.2 Å². The molecule has 0 spiro atoms. The third-order valence-corrected chi connectivity index (χ3v) is 7.49. The normalized spacial score (nSPS) is 19.4. The first kappa shape index (κ1) is 27.4. The first-order chi connectivity index (χ1) is 17.0. The lowest BCUT2D eigenvalue weighted by Gasteiger charge is -2.33. The minimum atomic E-state index is -3.45. The van der Waals surface area contributed by atoms with Gasteiger partial charge in [-0.05, 0) is 37.3 Å². The average molecular weight is 519 g/mol. The fourth-order valence-electron chi connectivity index (χ4n) is 3.93. The molecule has 36 heavy (non-hydrogen) atoms. The molecule has 1 aliphatic rings. The second kappa shape index (κ2) is 11.7. The highest BCUT2D eigenvalue weighted by molar-refractivity contribution is 7.88. The van der Waals surface area contributed by atoms with E-state index in [2.05, 4.69) is 10.6 Å². The number of hydrogen-bond acceptors (Lipinski definition) is 6. The van der Waals surface area contributed by atoms with Crippen LogP contribution in [0.2, 0.25) is 0 Å². The Morgan fingerprint density at radius 2 is 1.86 bits per heavy atom. The Labute approximate surface area is 212 Å². The highest BCUT2D eigenvalue weighted by Gasteiger charge is 2.32. The zero-order valence-corrected chi connectivity index (χ0v) is 21.8. The van der Waals surface area contributed by atoms with Crippen LogP contribution in [0.5, 0.6) is 5.75 Å². The fourth-order valence-corrected chi connectivity index (χ4v) is 4.35. The molecule has 0 aliphatic carbocycles. The molecule has 0 unspecified atom stereocenters. The van der Waals surface area contributed by atoms with Crippen molar-refractivity contribution in [1.29, 1.82) is 0 Å². The summed E-state index contributed by atoms with van der Waals surface area (Å²) in [6, 6.07) is 13.2. The van der Waals surface area contributed by atoms with E-state index in [0.717, 1.165) is 6.26 Å². The number of amides is 3. The van der Waals surface area contributed by atoms with Gasteiger partial charge in [0.1, 0.15) is 11.9 Å². The van der Waals surface area contributed by atoms with E-state index in [4.69, 9.17) is 4.74 Å². The number of ether oxygens (including phenoxy) is 1. The van der Waals surface area contributed by atoms with Gasteiger partial charge in [-0.1, -0.05) is 25.1 Å². The van der Waals surface area contributed by atoms with Crippen LogP contribution in [0, 0.1) is 5.92 Å². The molecule has 3 atom stereocenters. The minimum absolute atomic E-state index is 0.00312. The summed E-state index contributed by atoms with van der Waals surface area (Å²) in [5, 5.41) is 15.2. The van der Waals surface area contributed by atoms with Crippen molar-refractivity contribution in [3.8, 4) is 5.75 Å². The maximum Gasteiger partial charge on any atom is 0.323 e. The third kappa shape index (κ3) is 7.19. The number of aliphatic hydroxyl groups excluding tert-OH is 1. The predicted octanol–water partition coefficient (Wildman–Crippen LogP) is 2.37. The number of urea groups is 1. The van der Waals surface area contributed by atoms with Crippen molar-refractivity contribution < 1.29 is 27.9 Å². The SMILES string of the molecule is C[C@@H]1CN([C@@H](C)CO)C(=O)Cc2cc(NC(=O)Nc3ccccc3)ccc2O[C@H]1CN(C)S(C)(=O)=O. The van der Waals surface area contributed by atoms with Crippen LogP contribution >= 0.6 is 0 Å². The quantitative estimate of drug-likeness (QED) is 0.516. The lowest BCUT2D eigenvalue weighted by Crippen LogP contribution is -2.48. The molecule has 0 saturated carbocycles. The Bertz CT molecular complexity index is 1170. The predicted molar refractivity (Wildman–Crippen MR) is 139 cm³/mol. The van der Waals surface area contributed by atoms with Crippen molar-refractivity contribution in [2.75, 3.05) is 43.6 Å². The van der Waals surface area contributed by atoms with Crippen molar-refractivity contribution in [2.45, 2.75) is 32.4 Å². The summed E-state index contributed by atoms with van der Waals surface area (Å²) in [5.41, 5.74) is 1.66. The van der Waals surface area contributed by atoms with Gasteiger partial charge in [0.05, 0.1) is 31.9 Å². The van der Waals surface area contributed by atoms with E-state index in [0.29, 0.717) is 29.2 Å². The summed E-state index contributed by atoms with van der Waals surface area (Å²) in [5.74, 6) is 0.0124. The van der Waals surface area contributed by atoms with E-state index in [1.165, 1.54) is 11.4 Å². The summed E-state index contributed by atoms with van der Waals surface area (Å²) in [4.78, 5) is 27.3. The monoisotopic (exact) mass is 518 g/mol. The third-order valence-electron chi connectivity index (χ3n) is 6.21. The van der Waals surface area contributed by atoms with E-state index in [1.807, 2.05) is 25.1 Å². The number of carbonyl (C=O) groups excluding carboxylic acids is 2. The number of nitrogens with zero attached hydrogens (tertiary/aromatic N) is 2. The number of anilines is 2. The molecule has 11 heteroatoms. The van der Waals surface area contributed by atoms with Crippen LogP contribution in [-0.2, 0) is 21.2 Å². The number of sulfonamides is 1. The molecule has 0 radical (unpaired) electrons. The Kier molecular flexibility index (Phi) is 8.93. The van der Waals surface area contributed by atoms with Crippen LogP contribution in [0.1, 0.15) is 19.4 Å². The van der Waals surface area contributed by atoms with Gasteiger partial charge in [0.15, 0.2) is 0 Å². The minimum Gasteiger partial charge on any atom is -0.488 e. The number of rotatable bonds is 7. The van der Waals surface area contributed by atoms with Gasteiger partial charge in [-0.15, -0.1) is 0 Å². The van der Waals surface area contributed by atoms with Crippen molar-refractivity contribution in [2.24, 2.45) is 5.92 Å². The van der Waals surface area contributed by atoms with Gasteiger partial charge in [-0.2, -0.15) is 0 Å². The van der Waals surface area contributed by atoms with E-state index in [9.17, 15) is 23.1 Å². The number of hydrogen-bond donors (Lipinski definition) is 3. The van der Waals surface area contributed by atoms with Crippen LogP contribution in [0.3, 0.4) is 0 Å². The van der Waals surface area contributed by atoms with Crippen LogP contribution in [0.15, 0.2) is 48.5 Å². The number of nitrogens with one attached hydrogen (secondary N) is 2. The second-order valence-electron chi connectivity index (χ2n) is 9.20. The Morgan fingerprint density at radius 3 is 2.50 bits per heavy atom. The molecule has 0 bridgehead atoms. The molecule has 0 aromatic heterocycles. The molecule has 1 heterocycles. The Morgan fingerprint density at radius 1 is 1.19 bits per heavy atom. The molecule has 0 fully saturated rings. The molecule has 196 valence electrons. The standard InChI is InChI=1S/C25H34N4O6S/c1-17-14-29(18(2)16-30)24(31)13-19-12-21(27-25(32)26-20-8-6-5-7-9-20)10-11-22(19)35-23(17)15-28(3)36(4,33)34/h5-12,17-18,23,30H,13-16H2,1-4H3,(H2,26,27,32)/t17-,18+,23+/m1/s1. The summed E-state index contributed by atoms with van der Waals surface area (Å²) in [6.07, 6.45) is 0.572. The molecule has 3 rings (SSSR count). The van der Waals surface area contributed by atoms with Crippen LogP contribution < -0.4 is 15.4 Å². The van der Waals surface area contributed by atoms with Gasteiger partial charge in [-0.3, -0.25) is 4.79 Å². The lowest BCUT2D eigenvalue weighted by molar-refractivity contribution is -0.134. The summed E-state index contributed by atoms with van der Waals surface area (Å²) in [6.45, 7) is 3.82. The maximum absolute atomic E-state index is 13.2. The van der Waals surface area contributed by atoms with Gasteiger partial charge < -0.3 is 25.4 Å². The molecule has 2 aromatic rings. The zero-order chi connectivity index (χ0) is 26.5. The summed E-state index contributed by atoms with van der Waals surface area (Å²) in [7, 11) is -1.96. The number of likely N-dealkylation sites (N-methyl/N-ethyl adjacent to an activating group) is 1. The highest BCUT2D eigenvalue weighted by atomic mass is 32.2. The number of fused-ring (bicyclic) bond motifs is 1. The molecule has 3 N–H and O–H groups in total. The number of carbonyl (C=O) groups is 2. The summed E-state index contributed by atoms with van der Waals surface area (Å²) >= 11 is 0. The van der Waals surface area contributed by atoms with Crippen molar-refractivity contribution in [1.82, 2.24) is 9.21 Å². The van der Waals surface area contributed by atoms with Crippen molar-refractivity contribution in [3.63, 3.8) is 0 Å². The van der Waals surface area contributed by atoms with Gasteiger partial charge in [0.2, 0.25) is 15.9 Å². The Hall–Kier alpha value is -3.15. The lowest BCUT2D eigenvalue weighted by atomic mass is 10.0. The van der Waals surface area contributed by atoms with Gasteiger partial charge in [0.25, 0.3) is 0 Å². The maximum atomic E-state index is 13.2. The molecule has 3 amide bonds. The molecule has 10 nitrogen and oxygen atoms in total. The van der Waals surface area contributed by atoms with E-state index in [-0.39, 0.29) is 31.4 Å². The van der Waals surface area contributed by atoms with Crippen LogP contribution in [0.25, 0.3) is 0 Å². The summed E-state index contributed by atoms with van der Waals surface area (Å²) < 4.78 is 31.6. The molecule has 0 saturated heterocycles. The Balaban J connectivity index is 1.90. The van der Waals surface area contributed by atoms with E-state index < -0.39 is 28.2 Å². The fraction of sp³-hybridized carbons (Fsp3) is 0.440. The largest absolute Gasteiger partial charge is 0.488 e. The van der Waals surface area contributed by atoms with Gasteiger partial charge in [-0.25, -0.2) is 17.5 Å². The zero-order valence-electron chi connectivity index (χ0n) is 21.0. The topological polar surface area (TPSA) is 128 Å². The first-order valence-corrected chi connectivity index (χ1v) is 13.6. The van der Waals surface area contributed by atoms with Crippen molar-refractivity contribution >= 4 is 33.3 Å². The molecular formula is C25H34N4O6S. The molecular weight excluding hydrogens is 484 g/mol.